The number of benzene rings is 1. The largest absolute Gasteiger partial charge is 0.370 e. The third kappa shape index (κ3) is 3.19. The Hall–Kier alpha value is -2.18. The minimum Gasteiger partial charge on any atom is -0.370 e. The lowest BCUT2D eigenvalue weighted by Crippen LogP contribution is -2.42. The quantitative estimate of drug-likeness (QED) is 0.854. The molecule has 132 valence electrons. The van der Waals surface area contributed by atoms with Crippen molar-refractivity contribution in [1.82, 2.24) is 14.7 Å². The van der Waals surface area contributed by atoms with Crippen LogP contribution in [0.4, 0.5) is 0 Å². The van der Waals surface area contributed by atoms with Crippen LogP contribution in [0.3, 0.4) is 0 Å². The smallest absolute Gasteiger partial charge is 0.274 e. The predicted octanol–water partition coefficient (Wildman–Crippen LogP) is 2.01. The number of aryl methyl sites for hydroxylation is 1. The summed E-state index contributed by atoms with van der Waals surface area (Å²) in [4.78, 5) is 14.6. The minimum atomic E-state index is -0.376. The first-order valence-electron chi connectivity index (χ1n) is 8.75. The van der Waals surface area contributed by atoms with Gasteiger partial charge in [-0.1, -0.05) is 30.3 Å². The maximum absolute atomic E-state index is 12.8. The van der Waals surface area contributed by atoms with Gasteiger partial charge in [-0.25, -0.2) is 0 Å². The maximum Gasteiger partial charge on any atom is 0.274 e. The lowest BCUT2D eigenvalue weighted by atomic mass is 9.96. The molecular weight excluding hydrogens is 318 g/mol. The highest BCUT2D eigenvalue weighted by atomic mass is 16.6. The number of aromatic nitrogens is 2. The molecule has 2 aromatic rings. The third-order valence-corrected chi connectivity index (χ3v) is 5.08. The summed E-state index contributed by atoms with van der Waals surface area (Å²) in [6.45, 7) is 2.38. The van der Waals surface area contributed by atoms with Crippen molar-refractivity contribution in [1.29, 1.82) is 0 Å². The van der Waals surface area contributed by atoms with Crippen LogP contribution < -0.4 is 0 Å². The van der Waals surface area contributed by atoms with Gasteiger partial charge in [0.05, 0.1) is 19.7 Å². The van der Waals surface area contributed by atoms with Gasteiger partial charge >= 0.3 is 0 Å². The number of nitrogens with zero attached hydrogens (tertiary/aromatic N) is 3. The fraction of sp³-hybridized carbons (Fsp3) is 0.474. The van der Waals surface area contributed by atoms with Crippen molar-refractivity contribution in [2.45, 2.75) is 31.2 Å². The fourth-order valence-electron chi connectivity index (χ4n) is 3.78. The number of carbonyl (C=O) groups excluding carboxylic acids is 1. The second-order valence-electron chi connectivity index (χ2n) is 6.86. The molecule has 0 N–H and O–H groups in total. The average Bonchev–Trinajstić information content (AvgIpc) is 3.35. The van der Waals surface area contributed by atoms with Crippen LogP contribution in [-0.2, 0) is 23.1 Å². The van der Waals surface area contributed by atoms with Crippen LogP contribution in [0.1, 0.15) is 28.9 Å². The summed E-state index contributed by atoms with van der Waals surface area (Å²) in [6, 6.07) is 11.9. The molecule has 6 heteroatoms. The molecule has 0 aliphatic carbocycles. The standard InChI is InChI=1S/C19H23N3O3/c1-21-10-8-16(20-21)18(23)22-12-17(19(14-22)9-5-11-25-19)24-13-15-6-3-2-4-7-15/h2-4,6-8,10,17H,5,9,11-14H2,1H3/t17-,19-/m0/s1. The summed E-state index contributed by atoms with van der Waals surface area (Å²) in [5, 5.41) is 4.23. The average molecular weight is 341 g/mol. The highest BCUT2D eigenvalue weighted by Crippen LogP contribution is 2.37. The van der Waals surface area contributed by atoms with Crippen molar-refractivity contribution < 1.29 is 14.3 Å². The van der Waals surface area contributed by atoms with Crippen molar-refractivity contribution in [3.8, 4) is 0 Å². The molecule has 6 nitrogen and oxygen atoms in total. The van der Waals surface area contributed by atoms with Crippen LogP contribution in [0.5, 0.6) is 0 Å². The van der Waals surface area contributed by atoms with Gasteiger partial charge in [0, 0.05) is 19.9 Å². The summed E-state index contributed by atoms with van der Waals surface area (Å²) in [5.41, 5.74) is 1.23. The summed E-state index contributed by atoms with van der Waals surface area (Å²) >= 11 is 0. The Morgan fingerprint density at radius 3 is 2.88 bits per heavy atom. The van der Waals surface area contributed by atoms with E-state index >= 15 is 0 Å². The highest BCUT2D eigenvalue weighted by molar-refractivity contribution is 5.92. The molecule has 2 aliphatic rings. The van der Waals surface area contributed by atoms with E-state index in [2.05, 4.69) is 5.10 Å². The predicted molar refractivity (Wildman–Crippen MR) is 92.0 cm³/mol. The molecule has 4 rings (SSSR count). The second-order valence-corrected chi connectivity index (χ2v) is 6.86. The Balaban J connectivity index is 1.48. The molecule has 3 heterocycles. The van der Waals surface area contributed by atoms with Crippen LogP contribution in [0, 0.1) is 0 Å². The first-order valence-corrected chi connectivity index (χ1v) is 8.75. The van der Waals surface area contributed by atoms with Gasteiger partial charge in [0.1, 0.15) is 17.4 Å². The molecule has 1 aromatic heterocycles. The van der Waals surface area contributed by atoms with Crippen molar-refractivity contribution >= 4 is 5.91 Å². The normalized spacial score (nSPS) is 25.8. The first kappa shape index (κ1) is 16.3. The van der Waals surface area contributed by atoms with Gasteiger partial charge in [0.25, 0.3) is 5.91 Å². The molecule has 0 bridgehead atoms. The molecule has 1 amide bonds. The Kier molecular flexibility index (Phi) is 4.31. The number of carbonyl (C=O) groups is 1. The van der Waals surface area contributed by atoms with E-state index in [1.165, 1.54) is 0 Å². The Morgan fingerprint density at radius 2 is 2.20 bits per heavy atom. The molecule has 25 heavy (non-hydrogen) atoms. The topological polar surface area (TPSA) is 56.6 Å². The number of hydrogen-bond donors (Lipinski definition) is 0. The fourth-order valence-corrected chi connectivity index (χ4v) is 3.78. The van der Waals surface area contributed by atoms with Gasteiger partial charge < -0.3 is 14.4 Å². The molecule has 2 fully saturated rings. The monoisotopic (exact) mass is 341 g/mol. The summed E-state index contributed by atoms with van der Waals surface area (Å²) in [6.07, 6.45) is 3.62. The van der Waals surface area contributed by atoms with Gasteiger partial charge in [0.15, 0.2) is 0 Å². The number of hydrogen-bond acceptors (Lipinski definition) is 4. The van der Waals surface area contributed by atoms with Crippen LogP contribution in [0.25, 0.3) is 0 Å². The molecule has 2 saturated heterocycles. The number of amides is 1. The van der Waals surface area contributed by atoms with E-state index in [-0.39, 0.29) is 17.6 Å². The summed E-state index contributed by atoms with van der Waals surface area (Å²) < 4.78 is 13.9. The number of likely N-dealkylation sites (tertiary alicyclic amines) is 1. The molecule has 0 radical (unpaired) electrons. The molecular formula is C19H23N3O3. The van der Waals surface area contributed by atoms with Gasteiger partial charge in [-0.2, -0.15) is 5.10 Å². The van der Waals surface area contributed by atoms with Gasteiger partial charge in [-0.15, -0.1) is 0 Å². The molecule has 0 saturated carbocycles. The van der Waals surface area contributed by atoms with Gasteiger partial charge in [-0.3, -0.25) is 9.48 Å². The Bertz CT molecular complexity index is 737. The molecule has 2 atom stereocenters. The minimum absolute atomic E-state index is 0.0544. The number of rotatable bonds is 4. The van der Waals surface area contributed by atoms with Crippen molar-refractivity contribution in [2.24, 2.45) is 7.05 Å². The Labute approximate surface area is 147 Å². The van der Waals surface area contributed by atoms with E-state index in [9.17, 15) is 4.79 Å². The lowest BCUT2D eigenvalue weighted by Gasteiger charge is -2.28. The Morgan fingerprint density at radius 1 is 1.36 bits per heavy atom. The summed E-state index contributed by atoms with van der Waals surface area (Å²) in [5.74, 6) is -0.0544. The third-order valence-electron chi connectivity index (χ3n) is 5.08. The van der Waals surface area contributed by atoms with Crippen molar-refractivity contribution in [3.05, 3.63) is 53.9 Å². The first-order chi connectivity index (χ1) is 12.2. The summed E-state index contributed by atoms with van der Waals surface area (Å²) in [7, 11) is 1.81. The van der Waals surface area contributed by atoms with Gasteiger partial charge in [0.2, 0.25) is 0 Å². The van der Waals surface area contributed by atoms with Crippen molar-refractivity contribution in [3.63, 3.8) is 0 Å². The van der Waals surface area contributed by atoms with Crippen LogP contribution >= 0.6 is 0 Å². The van der Waals surface area contributed by atoms with E-state index in [0.29, 0.717) is 25.4 Å². The van der Waals surface area contributed by atoms with E-state index in [1.54, 1.807) is 16.9 Å². The van der Waals surface area contributed by atoms with E-state index in [0.717, 1.165) is 25.0 Å². The molecule has 2 aliphatic heterocycles. The molecule has 1 aromatic carbocycles. The zero-order chi connectivity index (χ0) is 17.3. The maximum atomic E-state index is 12.8. The van der Waals surface area contributed by atoms with E-state index in [1.807, 2.05) is 42.3 Å². The van der Waals surface area contributed by atoms with Crippen molar-refractivity contribution in [2.75, 3.05) is 19.7 Å². The SMILES string of the molecule is Cn1ccc(C(=O)N2C[C@H](OCc3ccccc3)[C@]3(CCCO3)C2)n1. The zero-order valence-corrected chi connectivity index (χ0v) is 14.4. The second kappa shape index (κ2) is 6.61. The van der Waals surface area contributed by atoms with E-state index < -0.39 is 0 Å². The van der Waals surface area contributed by atoms with Crippen LogP contribution in [0.2, 0.25) is 0 Å². The zero-order valence-electron chi connectivity index (χ0n) is 14.4. The van der Waals surface area contributed by atoms with Crippen LogP contribution in [0.15, 0.2) is 42.6 Å². The lowest BCUT2D eigenvalue weighted by molar-refractivity contribution is -0.0959. The highest BCUT2D eigenvalue weighted by Gasteiger charge is 2.52. The molecule has 0 unspecified atom stereocenters. The van der Waals surface area contributed by atoms with Crippen LogP contribution in [-0.4, -0.2) is 52.0 Å². The van der Waals surface area contributed by atoms with E-state index in [4.69, 9.17) is 9.47 Å². The molecule has 1 spiro atoms. The number of ether oxygens (including phenoxy) is 2. The van der Waals surface area contributed by atoms with Gasteiger partial charge in [-0.05, 0) is 24.5 Å².